The first kappa shape index (κ1) is 10.3. The fourth-order valence-electron chi connectivity index (χ4n) is 1.19. The minimum atomic E-state index is -0.572. The van der Waals surface area contributed by atoms with Gasteiger partial charge in [0, 0.05) is 11.7 Å². The molecule has 0 fully saturated rings. The Kier molecular flexibility index (Phi) is 2.35. The highest BCUT2D eigenvalue weighted by molar-refractivity contribution is 5.26. The van der Waals surface area contributed by atoms with Crippen LogP contribution in [0.2, 0.25) is 0 Å². The molecule has 0 radical (unpaired) electrons. The largest absolute Gasteiger partial charge is 0.328 e. The molecular formula is C10H12N2O2. The highest BCUT2D eigenvalue weighted by Crippen LogP contribution is 2.06. The van der Waals surface area contributed by atoms with Gasteiger partial charge < -0.3 is 4.98 Å². The summed E-state index contributed by atoms with van der Waals surface area (Å²) < 4.78 is 1.11. The number of aromatic nitrogens is 2. The van der Waals surface area contributed by atoms with Gasteiger partial charge in [-0.15, -0.1) is 6.42 Å². The van der Waals surface area contributed by atoms with E-state index in [1.165, 1.54) is 6.20 Å². The second-order valence-corrected chi connectivity index (χ2v) is 3.96. The van der Waals surface area contributed by atoms with Gasteiger partial charge in [-0.2, -0.15) is 0 Å². The van der Waals surface area contributed by atoms with Crippen LogP contribution in [0.5, 0.6) is 0 Å². The predicted molar refractivity (Wildman–Crippen MR) is 54.3 cm³/mol. The van der Waals surface area contributed by atoms with E-state index in [0.717, 1.165) is 4.57 Å². The van der Waals surface area contributed by atoms with Crippen LogP contribution in [0.1, 0.15) is 26.3 Å². The van der Waals surface area contributed by atoms with E-state index in [0.29, 0.717) is 0 Å². The van der Waals surface area contributed by atoms with Crippen molar-refractivity contribution in [2.45, 2.75) is 26.3 Å². The van der Waals surface area contributed by atoms with Crippen molar-refractivity contribution in [2.75, 3.05) is 0 Å². The zero-order valence-electron chi connectivity index (χ0n) is 8.42. The molecule has 1 aromatic rings. The van der Waals surface area contributed by atoms with Gasteiger partial charge in [0.2, 0.25) is 0 Å². The van der Waals surface area contributed by atoms with E-state index in [1.807, 2.05) is 0 Å². The second kappa shape index (κ2) is 3.18. The first-order valence-electron chi connectivity index (χ1n) is 4.20. The number of nitrogens with one attached hydrogen (secondary N) is 1. The van der Waals surface area contributed by atoms with Gasteiger partial charge in [-0.1, -0.05) is 5.92 Å². The molecular weight excluding hydrogens is 180 g/mol. The molecule has 0 bridgehead atoms. The maximum absolute atomic E-state index is 11.7. The van der Waals surface area contributed by atoms with Crippen LogP contribution in [-0.4, -0.2) is 9.55 Å². The molecule has 0 aliphatic heterocycles. The Morgan fingerprint density at radius 2 is 2.00 bits per heavy atom. The van der Waals surface area contributed by atoms with Gasteiger partial charge in [-0.3, -0.25) is 9.36 Å². The molecule has 0 saturated heterocycles. The van der Waals surface area contributed by atoms with Gasteiger partial charge in [-0.25, -0.2) is 4.79 Å². The van der Waals surface area contributed by atoms with Crippen molar-refractivity contribution < 1.29 is 0 Å². The van der Waals surface area contributed by atoms with Crippen LogP contribution in [-0.2, 0) is 5.54 Å². The molecule has 4 nitrogen and oxygen atoms in total. The van der Waals surface area contributed by atoms with Gasteiger partial charge in [-0.05, 0) is 20.8 Å². The van der Waals surface area contributed by atoms with E-state index in [2.05, 4.69) is 10.9 Å². The molecule has 1 N–H and O–H groups in total. The van der Waals surface area contributed by atoms with Gasteiger partial charge in [0.1, 0.15) is 5.56 Å². The van der Waals surface area contributed by atoms with Gasteiger partial charge in [0.25, 0.3) is 5.56 Å². The number of H-pyrrole nitrogens is 1. The molecule has 0 spiro atoms. The molecule has 0 amide bonds. The summed E-state index contributed by atoms with van der Waals surface area (Å²) in [5, 5.41) is 0. The fourth-order valence-corrected chi connectivity index (χ4v) is 1.19. The third-order valence-electron chi connectivity index (χ3n) is 1.80. The van der Waals surface area contributed by atoms with Crippen molar-refractivity contribution in [3.8, 4) is 12.3 Å². The Morgan fingerprint density at radius 1 is 1.43 bits per heavy atom. The van der Waals surface area contributed by atoms with Crippen molar-refractivity contribution in [2.24, 2.45) is 0 Å². The molecule has 0 aromatic carbocycles. The number of terminal acetylenes is 1. The van der Waals surface area contributed by atoms with Gasteiger partial charge in [0.05, 0.1) is 0 Å². The Balaban J connectivity index is 3.69. The maximum Gasteiger partial charge on any atom is 0.328 e. The first-order chi connectivity index (χ1) is 6.38. The number of nitrogens with zero attached hydrogens (tertiary/aromatic N) is 1. The molecule has 1 aromatic heterocycles. The van der Waals surface area contributed by atoms with Crippen LogP contribution < -0.4 is 11.2 Å². The summed E-state index contributed by atoms with van der Waals surface area (Å²) in [5.41, 5.74) is -1.28. The molecule has 14 heavy (non-hydrogen) atoms. The van der Waals surface area contributed by atoms with Crippen LogP contribution >= 0.6 is 0 Å². The average molecular weight is 192 g/mol. The van der Waals surface area contributed by atoms with E-state index >= 15 is 0 Å². The van der Waals surface area contributed by atoms with E-state index in [-0.39, 0.29) is 5.56 Å². The first-order valence-corrected chi connectivity index (χ1v) is 4.20. The summed E-state index contributed by atoms with van der Waals surface area (Å²) in [4.78, 5) is 25.5. The zero-order chi connectivity index (χ0) is 10.9. The SMILES string of the molecule is C#Cc1c[nH]c(=O)n(C(C)(C)C)c1=O. The molecule has 4 heteroatoms. The molecule has 0 aliphatic carbocycles. The van der Waals surface area contributed by atoms with Gasteiger partial charge >= 0.3 is 5.69 Å². The van der Waals surface area contributed by atoms with E-state index < -0.39 is 16.8 Å². The molecule has 1 rings (SSSR count). The van der Waals surface area contributed by atoms with Crippen molar-refractivity contribution in [3.63, 3.8) is 0 Å². The molecule has 0 atom stereocenters. The zero-order valence-corrected chi connectivity index (χ0v) is 8.42. The van der Waals surface area contributed by atoms with E-state index in [4.69, 9.17) is 6.42 Å². The Morgan fingerprint density at radius 3 is 2.43 bits per heavy atom. The average Bonchev–Trinajstić information content (AvgIpc) is 2.02. The molecule has 74 valence electrons. The summed E-state index contributed by atoms with van der Waals surface area (Å²) in [6.07, 6.45) is 6.38. The Bertz CT molecular complexity index is 495. The maximum atomic E-state index is 11.7. The quantitative estimate of drug-likeness (QED) is 0.600. The van der Waals surface area contributed by atoms with Crippen molar-refractivity contribution in [1.29, 1.82) is 0 Å². The molecule has 0 aliphatic rings. The van der Waals surface area contributed by atoms with E-state index in [9.17, 15) is 9.59 Å². The van der Waals surface area contributed by atoms with Gasteiger partial charge in [0.15, 0.2) is 0 Å². The lowest BCUT2D eigenvalue weighted by Crippen LogP contribution is -2.45. The highest BCUT2D eigenvalue weighted by atomic mass is 16.2. The number of hydrogen-bond donors (Lipinski definition) is 1. The predicted octanol–water partition coefficient (Wildman–Crippen LogP) is 0.273. The normalized spacial score (nSPS) is 11.0. The summed E-state index contributed by atoms with van der Waals surface area (Å²) >= 11 is 0. The Labute approximate surface area is 81.6 Å². The third kappa shape index (κ3) is 1.62. The van der Waals surface area contributed by atoms with Crippen LogP contribution in [0.3, 0.4) is 0 Å². The number of rotatable bonds is 0. The van der Waals surface area contributed by atoms with Crippen molar-refractivity contribution >= 4 is 0 Å². The van der Waals surface area contributed by atoms with Crippen LogP contribution in [0.15, 0.2) is 15.8 Å². The number of aromatic amines is 1. The molecule has 0 saturated carbocycles. The highest BCUT2D eigenvalue weighted by Gasteiger charge is 2.18. The van der Waals surface area contributed by atoms with Crippen LogP contribution in [0.4, 0.5) is 0 Å². The topological polar surface area (TPSA) is 54.9 Å². The minimum absolute atomic E-state index is 0.166. The number of hydrogen-bond acceptors (Lipinski definition) is 2. The standard InChI is InChI=1S/C10H12N2O2/c1-5-7-6-11-9(14)12(8(7)13)10(2,3)4/h1,6H,2-4H3,(H,11,14). The second-order valence-electron chi connectivity index (χ2n) is 3.96. The lowest BCUT2D eigenvalue weighted by molar-refractivity contribution is 0.366. The van der Waals surface area contributed by atoms with Crippen molar-refractivity contribution in [1.82, 2.24) is 9.55 Å². The van der Waals surface area contributed by atoms with Crippen molar-refractivity contribution in [3.05, 3.63) is 32.6 Å². The molecule has 0 unspecified atom stereocenters. The van der Waals surface area contributed by atoms with Crippen LogP contribution in [0.25, 0.3) is 0 Å². The third-order valence-corrected chi connectivity index (χ3v) is 1.80. The summed E-state index contributed by atoms with van der Waals surface area (Å²) in [6, 6.07) is 0. The molecule has 1 heterocycles. The van der Waals surface area contributed by atoms with Crippen LogP contribution in [0, 0.1) is 12.3 Å². The van der Waals surface area contributed by atoms with E-state index in [1.54, 1.807) is 20.8 Å². The summed E-state index contributed by atoms with van der Waals surface area (Å²) in [7, 11) is 0. The summed E-state index contributed by atoms with van der Waals surface area (Å²) in [5.74, 6) is 2.23. The fraction of sp³-hybridized carbons (Fsp3) is 0.400. The monoisotopic (exact) mass is 192 g/mol. The minimum Gasteiger partial charge on any atom is -0.313 e. The lowest BCUT2D eigenvalue weighted by atomic mass is 10.1. The smallest absolute Gasteiger partial charge is 0.313 e. The summed E-state index contributed by atoms with van der Waals surface area (Å²) in [6.45, 7) is 5.30. The lowest BCUT2D eigenvalue weighted by Gasteiger charge is -2.20. The Hall–Kier alpha value is -1.76.